The van der Waals surface area contributed by atoms with Crippen LogP contribution in [0.15, 0.2) is 51.4 Å². The summed E-state index contributed by atoms with van der Waals surface area (Å²) in [6.45, 7) is 0. The minimum absolute atomic E-state index is 0.105. The van der Waals surface area contributed by atoms with E-state index in [1.807, 2.05) is 30.3 Å². The molecule has 0 bridgehead atoms. The standard InChI is InChI=1S/C14H7BrO3/c15-10-7-11(16)9-6-12(18-14(9)13(10)17)8-4-2-1-3-5-8/h1-7H. The van der Waals surface area contributed by atoms with Gasteiger partial charge in [-0.3, -0.25) is 9.59 Å². The molecule has 1 aromatic heterocycles. The highest BCUT2D eigenvalue weighted by Gasteiger charge is 2.29. The van der Waals surface area contributed by atoms with Gasteiger partial charge in [-0.05, 0) is 22.0 Å². The first-order valence-electron chi connectivity index (χ1n) is 5.32. The Morgan fingerprint density at radius 2 is 1.78 bits per heavy atom. The van der Waals surface area contributed by atoms with Gasteiger partial charge in [-0.2, -0.15) is 0 Å². The largest absolute Gasteiger partial charge is 0.452 e. The number of fused-ring (bicyclic) bond motifs is 1. The zero-order chi connectivity index (χ0) is 12.7. The maximum atomic E-state index is 11.8. The third kappa shape index (κ3) is 1.66. The van der Waals surface area contributed by atoms with Crippen molar-refractivity contribution in [3.05, 3.63) is 58.3 Å². The number of hydrogen-bond acceptors (Lipinski definition) is 3. The summed E-state index contributed by atoms with van der Waals surface area (Å²) in [6, 6.07) is 11.0. The van der Waals surface area contributed by atoms with E-state index in [4.69, 9.17) is 4.42 Å². The van der Waals surface area contributed by atoms with E-state index >= 15 is 0 Å². The van der Waals surface area contributed by atoms with Crippen molar-refractivity contribution in [3.8, 4) is 11.3 Å². The van der Waals surface area contributed by atoms with Crippen molar-refractivity contribution in [1.29, 1.82) is 0 Å². The summed E-state index contributed by atoms with van der Waals surface area (Å²) in [7, 11) is 0. The van der Waals surface area contributed by atoms with E-state index in [2.05, 4.69) is 15.9 Å². The van der Waals surface area contributed by atoms with Crippen LogP contribution in [0.1, 0.15) is 20.9 Å². The van der Waals surface area contributed by atoms with Gasteiger partial charge in [0.25, 0.3) is 0 Å². The van der Waals surface area contributed by atoms with Gasteiger partial charge in [0.2, 0.25) is 5.78 Å². The molecule has 3 rings (SSSR count). The van der Waals surface area contributed by atoms with Crippen molar-refractivity contribution in [2.24, 2.45) is 0 Å². The zero-order valence-corrected chi connectivity index (χ0v) is 10.7. The molecule has 0 saturated heterocycles. The predicted molar refractivity (Wildman–Crippen MR) is 69.8 cm³/mol. The third-order valence-electron chi connectivity index (χ3n) is 2.74. The van der Waals surface area contributed by atoms with Crippen LogP contribution in [0.25, 0.3) is 11.3 Å². The monoisotopic (exact) mass is 302 g/mol. The molecule has 88 valence electrons. The van der Waals surface area contributed by atoms with Crippen molar-refractivity contribution in [2.75, 3.05) is 0 Å². The molecule has 1 aliphatic carbocycles. The molecule has 0 spiro atoms. The van der Waals surface area contributed by atoms with Crippen LogP contribution < -0.4 is 0 Å². The molecule has 0 atom stereocenters. The van der Waals surface area contributed by atoms with E-state index in [1.165, 1.54) is 6.08 Å². The molecule has 0 fully saturated rings. The SMILES string of the molecule is O=C1C=C(Br)C(=O)c2oc(-c3ccccc3)cc21. The maximum absolute atomic E-state index is 11.8. The van der Waals surface area contributed by atoms with Gasteiger partial charge in [0, 0.05) is 11.6 Å². The molecule has 4 heteroatoms. The summed E-state index contributed by atoms with van der Waals surface area (Å²) >= 11 is 3.06. The topological polar surface area (TPSA) is 47.3 Å². The Morgan fingerprint density at radius 3 is 2.50 bits per heavy atom. The molecule has 0 amide bonds. The van der Waals surface area contributed by atoms with E-state index in [0.717, 1.165) is 5.56 Å². The van der Waals surface area contributed by atoms with Crippen LogP contribution in [0, 0.1) is 0 Å². The van der Waals surface area contributed by atoms with E-state index in [9.17, 15) is 9.59 Å². The smallest absolute Gasteiger partial charge is 0.236 e. The highest BCUT2D eigenvalue weighted by Crippen LogP contribution is 2.31. The lowest BCUT2D eigenvalue weighted by Gasteiger charge is -2.03. The minimum atomic E-state index is -0.299. The van der Waals surface area contributed by atoms with Crippen LogP contribution in [0.5, 0.6) is 0 Å². The molecule has 0 radical (unpaired) electrons. The molecule has 1 aromatic carbocycles. The first-order valence-corrected chi connectivity index (χ1v) is 6.11. The van der Waals surface area contributed by atoms with Gasteiger partial charge in [-0.1, -0.05) is 30.3 Å². The summed E-state index contributed by atoms with van der Waals surface area (Å²) in [5.74, 6) is 0.111. The molecule has 1 heterocycles. The van der Waals surface area contributed by atoms with Crippen LogP contribution in [0.4, 0.5) is 0 Å². The quantitative estimate of drug-likeness (QED) is 0.808. The Bertz CT molecular complexity index is 680. The molecule has 0 unspecified atom stereocenters. The molecule has 0 aliphatic heterocycles. The van der Waals surface area contributed by atoms with Crippen molar-refractivity contribution in [2.45, 2.75) is 0 Å². The number of carbonyl (C=O) groups is 2. The lowest BCUT2D eigenvalue weighted by molar-refractivity contribution is 0.0973. The Kier molecular flexibility index (Phi) is 2.52. The number of Topliss-reactive ketones (excluding diaryl/α,β-unsaturated/α-hetero) is 1. The Morgan fingerprint density at radius 1 is 1.06 bits per heavy atom. The van der Waals surface area contributed by atoms with E-state index in [1.54, 1.807) is 6.07 Å². The van der Waals surface area contributed by atoms with Crippen LogP contribution in [0.2, 0.25) is 0 Å². The highest BCUT2D eigenvalue weighted by molar-refractivity contribution is 9.12. The number of halogens is 1. The molecule has 0 N–H and O–H groups in total. The van der Waals surface area contributed by atoms with Gasteiger partial charge in [-0.15, -0.1) is 0 Å². The Labute approximate surface area is 111 Å². The average Bonchev–Trinajstić information content (AvgIpc) is 2.83. The van der Waals surface area contributed by atoms with Crippen LogP contribution >= 0.6 is 15.9 Å². The average molecular weight is 303 g/mol. The van der Waals surface area contributed by atoms with Gasteiger partial charge in [0.05, 0.1) is 10.0 Å². The van der Waals surface area contributed by atoms with Gasteiger partial charge in [0.15, 0.2) is 11.5 Å². The third-order valence-corrected chi connectivity index (χ3v) is 3.33. The first-order chi connectivity index (χ1) is 8.66. The van der Waals surface area contributed by atoms with E-state index in [-0.39, 0.29) is 21.8 Å². The van der Waals surface area contributed by atoms with Crippen molar-refractivity contribution in [1.82, 2.24) is 0 Å². The van der Waals surface area contributed by atoms with Crippen molar-refractivity contribution < 1.29 is 14.0 Å². The Hall–Kier alpha value is -1.94. The second-order valence-electron chi connectivity index (χ2n) is 3.91. The molecule has 0 saturated carbocycles. The number of hydrogen-bond donors (Lipinski definition) is 0. The number of furan rings is 1. The van der Waals surface area contributed by atoms with Crippen LogP contribution in [-0.4, -0.2) is 11.6 Å². The molecule has 2 aromatic rings. The molecular formula is C14H7BrO3. The maximum Gasteiger partial charge on any atom is 0.236 e. The van der Waals surface area contributed by atoms with E-state index < -0.39 is 0 Å². The lowest BCUT2D eigenvalue weighted by Crippen LogP contribution is -2.11. The van der Waals surface area contributed by atoms with Gasteiger partial charge in [0.1, 0.15) is 5.76 Å². The molecule has 3 nitrogen and oxygen atoms in total. The van der Waals surface area contributed by atoms with Gasteiger partial charge < -0.3 is 4.42 Å². The zero-order valence-electron chi connectivity index (χ0n) is 9.14. The minimum Gasteiger partial charge on any atom is -0.452 e. The summed E-state index contributed by atoms with van der Waals surface area (Å²) in [4.78, 5) is 23.6. The number of benzene rings is 1. The molecule has 18 heavy (non-hydrogen) atoms. The highest BCUT2D eigenvalue weighted by atomic mass is 79.9. The number of carbonyl (C=O) groups excluding carboxylic acids is 2. The van der Waals surface area contributed by atoms with Gasteiger partial charge in [-0.25, -0.2) is 0 Å². The summed E-state index contributed by atoms with van der Waals surface area (Å²) in [5.41, 5.74) is 1.16. The Balaban J connectivity index is 2.15. The second-order valence-corrected chi connectivity index (χ2v) is 4.76. The fraction of sp³-hybridized carbons (Fsp3) is 0. The van der Waals surface area contributed by atoms with Crippen molar-refractivity contribution >= 4 is 27.5 Å². The molecular weight excluding hydrogens is 296 g/mol. The van der Waals surface area contributed by atoms with E-state index in [0.29, 0.717) is 11.3 Å². The number of ketones is 2. The fourth-order valence-corrected chi connectivity index (χ4v) is 2.24. The first kappa shape index (κ1) is 11.2. The number of rotatable bonds is 1. The number of allylic oxidation sites excluding steroid dienone is 2. The summed E-state index contributed by atoms with van der Waals surface area (Å²) < 4.78 is 5.73. The van der Waals surface area contributed by atoms with Crippen molar-refractivity contribution in [3.63, 3.8) is 0 Å². The van der Waals surface area contributed by atoms with Crippen LogP contribution in [0.3, 0.4) is 0 Å². The summed E-state index contributed by atoms with van der Waals surface area (Å²) in [6.07, 6.45) is 1.27. The molecule has 1 aliphatic rings. The van der Waals surface area contributed by atoms with Gasteiger partial charge >= 0.3 is 0 Å². The fourth-order valence-electron chi connectivity index (χ4n) is 1.85. The normalized spacial score (nSPS) is 14.4. The van der Waals surface area contributed by atoms with Crippen LogP contribution in [-0.2, 0) is 0 Å². The second kappa shape index (κ2) is 4.07. The predicted octanol–water partition coefficient (Wildman–Crippen LogP) is 3.60. The lowest BCUT2D eigenvalue weighted by atomic mass is 10.0. The summed E-state index contributed by atoms with van der Waals surface area (Å²) in [5, 5.41) is 0.